The van der Waals surface area contributed by atoms with Gasteiger partial charge in [0.05, 0.1) is 11.4 Å². The van der Waals surface area contributed by atoms with Crippen LogP contribution in [0, 0.1) is 0 Å². The molecule has 0 saturated heterocycles. The Hall–Kier alpha value is -1.22. The van der Waals surface area contributed by atoms with Gasteiger partial charge in [0, 0.05) is 0 Å². The number of benzene rings is 1. The minimum Gasteiger partial charge on any atom is -0.465 e. The standard InChI is InChI=1S/C10H10ClNO2/c11-9-7-4-2-1-3-6(7)5-8(9)12-10(13)14/h1-4,8-9,12H,5H2,(H,13,14)/t8-,9-/m1/s1. The molecule has 14 heavy (non-hydrogen) atoms. The van der Waals surface area contributed by atoms with Crippen molar-refractivity contribution >= 4 is 17.7 Å². The lowest BCUT2D eigenvalue weighted by molar-refractivity contribution is 0.190. The number of carboxylic acid groups (broad SMARTS) is 1. The number of halogens is 1. The van der Waals surface area contributed by atoms with Crippen LogP contribution >= 0.6 is 11.6 Å². The number of fused-ring (bicyclic) bond motifs is 1. The summed E-state index contributed by atoms with van der Waals surface area (Å²) in [7, 11) is 0. The SMILES string of the molecule is O=C(O)N[C@@H]1Cc2ccccc2[C@H]1Cl. The predicted octanol–water partition coefficient (Wildman–Crippen LogP) is 2.16. The van der Waals surface area contributed by atoms with E-state index in [1.54, 1.807) is 0 Å². The summed E-state index contributed by atoms with van der Waals surface area (Å²) in [6.45, 7) is 0. The van der Waals surface area contributed by atoms with Gasteiger partial charge in [0.25, 0.3) is 0 Å². The Morgan fingerprint density at radius 1 is 1.50 bits per heavy atom. The highest BCUT2D eigenvalue weighted by Gasteiger charge is 2.31. The zero-order valence-corrected chi connectivity index (χ0v) is 8.16. The number of alkyl halides is 1. The van der Waals surface area contributed by atoms with E-state index in [-0.39, 0.29) is 11.4 Å². The number of rotatable bonds is 1. The van der Waals surface area contributed by atoms with Gasteiger partial charge in [0.2, 0.25) is 0 Å². The highest BCUT2D eigenvalue weighted by Crippen LogP contribution is 2.35. The van der Waals surface area contributed by atoms with Crippen LogP contribution in [0.25, 0.3) is 0 Å². The summed E-state index contributed by atoms with van der Waals surface area (Å²) in [6, 6.07) is 7.57. The summed E-state index contributed by atoms with van der Waals surface area (Å²) in [5.74, 6) is 0. The third-order valence-corrected chi connectivity index (χ3v) is 2.99. The monoisotopic (exact) mass is 211 g/mol. The van der Waals surface area contributed by atoms with E-state index in [1.807, 2.05) is 24.3 Å². The number of amides is 1. The van der Waals surface area contributed by atoms with E-state index < -0.39 is 6.09 Å². The van der Waals surface area contributed by atoms with Crippen molar-refractivity contribution in [3.8, 4) is 0 Å². The average molecular weight is 212 g/mol. The molecule has 2 atom stereocenters. The second-order valence-corrected chi connectivity index (χ2v) is 3.83. The van der Waals surface area contributed by atoms with Gasteiger partial charge in [0.1, 0.15) is 0 Å². The Kier molecular flexibility index (Phi) is 2.33. The van der Waals surface area contributed by atoms with Crippen molar-refractivity contribution < 1.29 is 9.90 Å². The second kappa shape index (κ2) is 3.50. The van der Waals surface area contributed by atoms with Crippen molar-refractivity contribution in [2.24, 2.45) is 0 Å². The summed E-state index contributed by atoms with van der Waals surface area (Å²) >= 11 is 6.13. The van der Waals surface area contributed by atoms with Gasteiger partial charge in [-0.3, -0.25) is 0 Å². The molecule has 0 heterocycles. The quantitative estimate of drug-likeness (QED) is 0.700. The summed E-state index contributed by atoms with van der Waals surface area (Å²) in [4.78, 5) is 10.5. The normalized spacial score (nSPS) is 24.4. The summed E-state index contributed by atoms with van der Waals surface area (Å²) in [5.41, 5.74) is 2.17. The minimum atomic E-state index is -1.02. The molecule has 0 aliphatic heterocycles. The molecule has 74 valence electrons. The zero-order chi connectivity index (χ0) is 10.1. The lowest BCUT2D eigenvalue weighted by atomic mass is 10.1. The van der Waals surface area contributed by atoms with E-state index in [9.17, 15) is 4.79 Å². The number of nitrogens with one attached hydrogen (secondary N) is 1. The first-order valence-corrected chi connectivity index (χ1v) is 4.83. The fourth-order valence-electron chi connectivity index (χ4n) is 1.83. The van der Waals surface area contributed by atoms with Gasteiger partial charge in [-0.05, 0) is 17.5 Å². The zero-order valence-electron chi connectivity index (χ0n) is 7.40. The molecule has 1 aliphatic rings. The van der Waals surface area contributed by atoms with E-state index in [2.05, 4.69) is 5.32 Å². The molecule has 0 aromatic heterocycles. The Bertz CT molecular complexity index is 367. The molecule has 1 aromatic rings. The van der Waals surface area contributed by atoms with E-state index in [1.165, 1.54) is 0 Å². The highest BCUT2D eigenvalue weighted by atomic mass is 35.5. The van der Waals surface area contributed by atoms with Gasteiger partial charge in [-0.25, -0.2) is 4.79 Å². The van der Waals surface area contributed by atoms with Gasteiger partial charge >= 0.3 is 6.09 Å². The lowest BCUT2D eigenvalue weighted by Gasteiger charge is -2.13. The first-order chi connectivity index (χ1) is 6.68. The van der Waals surface area contributed by atoms with Gasteiger partial charge < -0.3 is 10.4 Å². The van der Waals surface area contributed by atoms with Crippen LogP contribution in [0.3, 0.4) is 0 Å². The molecule has 0 spiro atoms. The maximum atomic E-state index is 10.5. The third-order valence-electron chi connectivity index (χ3n) is 2.45. The molecular formula is C10H10ClNO2. The van der Waals surface area contributed by atoms with Crippen molar-refractivity contribution in [1.82, 2.24) is 5.32 Å². The first kappa shape index (κ1) is 9.34. The number of hydrogen-bond donors (Lipinski definition) is 2. The Labute approximate surface area is 86.7 Å². The molecule has 4 heteroatoms. The lowest BCUT2D eigenvalue weighted by Crippen LogP contribution is -2.35. The fourth-order valence-corrected chi connectivity index (χ4v) is 2.19. The van der Waals surface area contributed by atoms with Crippen molar-refractivity contribution in [3.05, 3.63) is 35.4 Å². The smallest absolute Gasteiger partial charge is 0.404 e. The van der Waals surface area contributed by atoms with Crippen LogP contribution in [0.2, 0.25) is 0 Å². The van der Waals surface area contributed by atoms with Crippen LogP contribution in [0.5, 0.6) is 0 Å². The third kappa shape index (κ3) is 1.55. The summed E-state index contributed by atoms with van der Waals surface area (Å²) in [6.07, 6.45) is -0.343. The first-order valence-electron chi connectivity index (χ1n) is 4.40. The molecule has 1 aromatic carbocycles. The van der Waals surface area contributed by atoms with Crippen LogP contribution in [-0.2, 0) is 6.42 Å². The van der Waals surface area contributed by atoms with Crippen LogP contribution < -0.4 is 5.32 Å². The molecule has 0 radical (unpaired) electrons. The van der Waals surface area contributed by atoms with Crippen molar-refractivity contribution in [1.29, 1.82) is 0 Å². The Balaban J connectivity index is 2.21. The van der Waals surface area contributed by atoms with E-state index in [4.69, 9.17) is 16.7 Å². The molecular weight excluding hydrogens is 202 g/mol. The largest absolute Gasteiger partial charge is 0.465 e. The van der Waals surface area contributed by atoms with Crippen molar-refractivity contribution in [2.45, 2.75) is 17.8 Å². The maximum Gasteiger partial charge on any atom is 0.404 e. The van der Waals surface area contributed by atoms with Gasteiger partial charge in [-0.2, -0.15) is 0 Å². The van der Waals surface area contributed by atoms with Gasteiger partial charge in [-0.15, -0.1) is 11.6 Å². The van der Waals surface area contributed by atoms with E-state index in [0.29, 0.717) is 6.42 Å². The molecule has 0 fully saturated rings. The van der Waals surface area contributed by atoms with Crippen LogP contribution in [0.1, 0.15) is 16.5 Å². The highest BCUT2D eigenvalue weighted by molar-refractivity contribution is 6.21. The maximum absolute atomic E-state index is 10.5. The van der Waals surface area contributed by atoms with Gasteiger partial charge in [0.15, 0.2) is 0 Å². The van der Waals surface area contributed by atoms with Crippen LogP contribution in [-0.4, -0.2) is 17.2 Å². The van der Waals surface area contributed by atoms with Crippen molar-refractivity contribution in [3.63, 3.8) is 0 Å². The van der Waals surface area contributed by atoms with Crippen LogP contribution in [0.4, 0.5) is 4.79 Å². The summed E-state index contributed by atoms with van der Waals surface area (Å²) < 4.78 is 0. The molecule has 0 saturated carbocycles. The van der Waals surface area contributed by atoms with E-state index in [0.717, 1.165) is 11.1 Å². The molecule has 2 N–H and O–H groups in total. The van der Waals surface area contributed by atoms with E-state index >= 15 is 0 Å². The average Bonchev–Trinajstić information content (AvgIpc) is 2.44. The predicted molar refractivity (Wildman–Crippen MR) is 53.7 cm³/mol. The topological polar surface area (TPSA) is 49.3 Å². The number of carbonyl (C=O) groups is 1. The molecule has 2 rings (SSSR count). The second-order valence-electron chi connectivity index (χ2n) is 3.36. The molecule has 0 unspecified atom stereocenters. The number of hydrogen-bond acceptors (Lipinski definition) is 1. The molecule has 1 aliphatic carbocycles. The summed E-state index contributed by atoms with van der Waals surface area (Å²) in [5, 5.41) is 10.8. The van der Waals surface area contributed by atoms with Crippen LogP contribution in [0.15, 0.2) is 24.3 Å². The Morgan fingerprint density at radius 3 is 2.86 bits per heavy atom. The molecule has 0 bridgehead atoms. The molecule has 1 amide bonds. The minimum absolute atomic E-state index is 0.202. The van der Waals surface area contributed by atoms with Gasteiger partial charge in [-0.1, -0.05) is 24.3 Å². The molecule has 3 nitrogen and oxygen atoms in total. The fraction of sp³-hybridized carbons (Fsp3) is 0.300. The Morgan fingerprint density at radius 2 is 2.21 bits per heavy atom. The van der Waals surface area contributed by atoms with Crippen molar-refractivity contribution in [2.75, 3.05) is 0 Å².